The molecule has 0 saturated heterocycles. The van der Waals surface area contributed by atoms with Crippen LogP contribution in [-0.4, -0.2) is 16.5 Å². The van der Waals surface area contributed by atoms with Gasteiger partial charge in [-0.15, -0.1) is 0 Å². The second kappa shape index (κ2) is 6.41. The number of anilines is 2. The largest absolute Gasteiger partial charge is 0.465 e. The van der Waals surface area contributed by atoms with Crippen molar-refractivity contribution in [3.05, 3.63) is 35.5 Å². The van der Waals surface area contributed by atoms with Gasteiger partial charge in [-0.2, -0.15) is 0 Å². The van der Waals surface area contributed by atoms with Gasteiger partial charge in [0.05, 0.1) is 6.54 Å². The molecule has 0 fully saturated rings. The van der Waals surface area contributed by atoms with Gasteiger partial charge in [0.15, 0.2) is 0 Å². The van der Waals surface area contributed by atoms with Crippen LogP contribution in [0.25, 0.3) is 0 Å². The molecule has 0 atom stereocenters. The summed E-state index contributed by atoms with van der Waals surface area (Å²) >= 11 is 0. The first-order chi connectivity index (χ1) is 9.61. The van der Waals surface area contributed by atoms with Gasteiger partial charge in [0, 0.05) is 12.1 Å². The number of nitrogens with zero attached hydrogens (tertiary/aromatic N) is 2. The fourth-order valence-corrected chi connectivity index (χ4v) is 2.14. The van der Waals surface area contributed by atoms with Gasteiger partial charge >= 0.3 is 0 Å². The molecule has 20 heavy (non-hydrogen) atoms. The van der Waals surface area contributed by atoms with Gasteiger partial charge < -0.3 is 15.1 Å². The molecule has 108 valence electrons. The molecule has 0 aliphatic carbocycles. The van der Waals surface area contributed by atoms with Crippen LogP contribution < -0.4 is 10.6 Å². The highest BCUT2D eigenvalue weighted by Gasteiger charge is 2.14. The van der Waals surface area contributed by atoms with E-state index in [0.717, 1.165) is 35.3 Å². The summed E-state index contributed by atoms with van der Waals surface area (Å²) in [6.45, 7) is 9.75. The Labute approximate surface area is 119 Å². The van der Waals surface area contributed by atoms with Crippen LogP contribution in [0.3, 0.4) is 0 Å². The van der Waals surface area contributed by atoms with Gasteiger partial charge in [-0.05, 0) is 31.9 Å². The van der Waals surface area contributed by atoms with Crippen molar-refractivity contribution < 1.29 is 4.42 Å². The lowest BCUT2D eigenvalue weighted by Gasteiger charge is -2.17. The van der Waals surface area contributed by atoms with E-state index < -0.39 is 0 Å². The number of hydrogen-bond donors (Lipinski definition) is 2. The van der Waals surface area contributed by atoms with Gasteiger partial charge in [-0.1, -0.05) is 13.8 Å². The lowest BCUT2D eigenvalue weighted by Crippen LogP contribution is -2.11. The molecule has 0 amide bonds. The first-order valence-corrected chi connectivity index (χ1v) is 6.99. The minimum atomic E-state index is 0.339. The van der Waals surface area contributed by atoms with Crippen molar-refractivity contribution >= 4 is 11.6 Å². The molecule has 2 aromatic rings. The maximum Gasteiger partial charge on any atom is 0.135 e. The van der Waals surface area contributed by atoms with Crippen LogP contribution in [-0.2, 0) is 6.54 Å². The molecule has 2 heterocycles. The molecule has 2 N–H and O–H groups in total. The zero-order valence-corrected chi connectivity index (χ0v) is 12.5. The summed E-state index contributed by atoms with van der Waals surface area (Å²) in [5.74, 6) is 3.92. The van der Waals surface area contributed by atoms with Gasteiger partial charge in [-0.25, -0.2) is 9.97 Å². The zero-order valence-electron chi connectivity index (χ0n) is 12.5. The number of furan rings is 1. The van der Waals surface area contributed by atoms with Crippen LogP contribution in [0.1, 0.15) is 43.8 Å². The first-order valence-electron chi connectivity index (χ1n) is 6.99. The second-order valence-corrected chi connectivity index (χ2v) is 5.04. The molecule has 0 bridgehead atoms. The van der Waals surface area contributed by atoms with Crippen LogP contribution in [0, 0.1) is 6.92 Å². The molecule has 0 aliphatic rings. The van der Waals surface area contributed by atoms with Gasteiger partial charge in [0.1, 0.15) is 29.5 Å². The van der Waals surface area contributed by atoms with E-state index in [9.17, 15) is 0 Å². The normalized spacial score (nSPS) is 10.8. The van der Waals surface area contributed by atoms with Crippen LogP contribution in [0.15, 0.2) is 22.9 Å². The van der Waals surface area contributed by atoms with E-state index in [1.807, 2.05) is 19.1 Å². The third-order valence-corrected chi connectivity index (χ3v) is 3.03. The molecule has 0 saturated carbocycles. The molecular formula is C15H22N4O. The predicted octanol–water partition coefficient (Wildman–Crippen LogP) is 3.55. The van der Waals surface area contributed by atoms with Gasteiger partial charge in [0.2, 0.25) is 0 Å². The van der Waals surface area contributed by atoms with Crippen LogP contribution in [0.2, 0.25) is 0 Å². The fourth-order valence-electron chi connectivity index (χ4n) is 2.14. The van der Waals surface area contributed by atoms with E-state index in [4.69, 9.17) is 4.42 Å². The molecule has 0 radical (unpaired) electrons. The average molecular weight is 274 g/mol. The van der Waals surface area contributed by atoms with Gasteiger partial charge in [0.25, 0.3) is 0 Å². The topological polar surface area (TPSA) is 63.0 Å². The van der Waals surface area contributed by atoms with E-state index in [0.29, 0.717) is 12.5 Å². The molecule has 2 rings (SSSR count). The monoisotopic (exact) mass is 274 g/mol. The molecule has 2 aromatic heterocycles. The number of rotatable bonds is 6. The molecule has 0 aromatic carbocycles. The fraction of sp³-hybridized carbons (Fsp3) is 0.467. The van der Waals surface area contributed by atoms with Crippen LogP contribution >= 0.6 is 0 Å². The number of aromatic nitrogens is 2. The van der Waals surface area contributed by atoms with E-state index in [1.54, 1.807) is 6.33 Å². The Morgan fingerprint density at radius 3 is 2.40 bits per heavy atom. The van der Waals surface area contributed by atoms with E-state index in [2.05, 4.69) is 41.4 Å². The highest BCUT2D eigenvalue weighted by molar-refractivity contribution is 5.58. The Hall–Kier alpha value is -2.04. The molecule has 5 nitrogen and oxygen atoms in total. The van der Waals surface area contributed by atoms with Crippen molar-refractivity contribution in [1.82, 2.24) is 9.97 Å². The van der Waals surface area contributed by atoms with E-state index >= 15 is 0 Å². The maximum absolute atomic E-state index is 5.56. The van der Waals surface area contributed by atoms with E-state index in [-0.39, 0.29) is 0 Å². The number of hydrogen-bond acceptors (Lipinski definition) is 5. The molecule has 0 unspecified atom stereocenters. The number of aryl methyl sites for hydroxylation is 1. The third kappa shape index (κ3) is 3.29. The summed E-state index contributed by atoms with van der Waals surface area (Å²) < 4.78 is 5.56. The quantitative estimate of drug-likeness (QED) is 0.843. The molecule has 0 spiro atoms. The molecule has 0 aliphatic heterocycles. The third-order valence-electron chi connectivity index (χ3n) is 3.03. The Morgan fingerprint density at radius 1 is 1.15 bits per heavy atom. The van der Waals surface area contributed by atoms with E-state index in [1.165, 1.54) is 0 Å². The van der Waals surface area contributed by atoms with Crippen molar-refractivity contribution in [3.63, 3.8) is 0 Å². The summed E-state index contributed by atoms with van der Waals surface area (Å²) in [6, 6.07) is 3.94. The summed E-state index contributed by atoms with van der Waals surface area (Å²) in [5.41, 5.74) is 1.11. The Balaban J connectivity index is 2.19. The minimum absolute atomic E-state index is 0.339. The minimum Gasteiger partial charge on any atom is -0.465 e. The van der Waals surface area contributed by atoms with Gasteiger partial charge in [-0.3, -0.25) is 0 Å². The summed E-state index contributed by atoms with van der Waals surface area (Å²) in [4.78, 5) is 8.68. The summed E-state index contributed by atoms with van der Waals surface area (Å²) in [7, 11) is 0. The Kier molecular flexibility index (Phi) is 4.61. The second-order valence-electron chi connectivity index (χ2n) is 5.04. The highest BCUT2D eigenvalue weighted by atomic mass is 16.3. The zero-order chi connectivity index (χ0) is 14.5. The molecule has 5 heteroatoms. The lowest BCUT2D eigenvalue weighted by molar-refractivity contribution is 0.490. The van der Waals surface area contributed by atoms with Crippen LogP contribution in [0.5, 0.6) is 0 Å². The standard InChI is InChI=1S/C15H22N4O/c1-5-16-14-13(10(2)3)15(19-9-18-14)17-8-12-7-6-11(4)20-12/h6-7,9-10H,5,8H2,1-4H3,(H2,16,17,18,19). The van der Waals surface area contributed by atoms with Crippen molar-refractivity contribution in [2.24, 2.45) is 0 Å². The average Bonchev–Trinajstić information content (AvgIpc) is 2.82. The first kappa shape index (κ1) is 14.4. The SMILES string of the molecule is CCNc1ncnc(NCc2ccc(C)o2)c1C(C)C. The highest BCUT2D eigenvalue weighted by Crippen LogP contribution is 2.28. The smallest absolute Gasteiger partial charge is 0.135 e. The van der Waals surface area contributed by atoms with Crippen molar-refractivity contribution in [2.45, 2.75) is 40.2 Å². The summed E-state index contributed by atoms with van der Waals surface area (Å²) in [5, 5.41) is 6.62. The van der Waals surface area contributed by atoms with Crippen LogP contribution in [0.4, 0.5) is 11.6 Å². The predicted molar refractivity (Wildman–Crippen MR) is 81.1 cm³/mol. The number of nitrogens with one attached hydrogen (secondary N) is 2. The van der Waals surface area contributed by atoms with Crippen molar-refractivity contribution in [1.29, 1.82) is 0 Å². The van der Waals surface area contributed by atoms with Crippen molar-refractivity contribution in [3.8, 4) is 0 Å². The maximum atomic E-state index is 5.56. The lowest BCUT2D eigenvalue weighted by atomic mass is 10.0. The molecular weight excluding hydrogens is 252 g/mol. The Bertz CT molecular complexity index is 563. The van der Waals surface area contributed by atoms with Crippen molar-refractivity contribution in [2.75, 3.05) is 17.2 Å². The Morgan fingerprint density at radius 2 is 1.85 bits per heavy atom. The summed E-state index contributed by atoms with van der Waals surface area (Å²) in [6.07, 6.45) is 1.58.